The second-order valence-electron chi connectivity index (χ2n) is 6.57. The van der Waals surface area contributed by atoms with Crippen molar-refractivity contribution in [1.29, 1.82) is 5.26 Å². The Bertz CT molecular complexity index is 968. The fourth-order valence-corrected chi connectivity index (χ4v) is 3.48. The van der Waals surface area contributed by atoms with Crippen molar-refractivity contribution in [3.63, 3.8) is 0 Å². The lowest BCUT2D eigenvalue weighted by molar-refractivity contribution is 0.0680. The molecule has 0 aliphatic carbocycles. The van der Waals surface area contributed by atoms with E-state index < -0.39 is 12.5 Å². The highest BCUT2D eigenvalue weighted by atomic mass is 19.3. The second kappa shape index (κ2) is 8.80. The number of oxime groups is 1. The summed E-state index contributed by atoms with van der Waals surface area (Å²) in [5.41, 5.74) is 1.35. The summed E-state index contributed by atoms with van der Waals surface area (Å²) in [7, 11) is 1.42. The minimum Gasteiger partial charge on any atom is -0.399 e. The lowest BCUT2D eigenvalue weighted by Gasteiger charge is -2.22. The number of halogens is 2. The molecule has 0 spiro atoms. The predicted octanol–water partition coefficient (Wildman–Crippen LogP) is 3.37. The molecule has 6 nitrogen and oxygen atoms in total. The first-order chi connectivity index (χ1) is 14.0. The van der Waals surface area contributed by atoms with Crippen LogP contribution in [0.4, 0.5) is 8.78 Å². The van der Waals surface area contributed by atoms with E-state index in [-0.39, 0.29) is 35.7 Å². The standard InChI is InChI=1S/C21H19F2N3O3/c1-29-25-16-9-17(12-27)26(11-16)21(28)14-7-5-13(6-8-14)18-4-2-3-15(10-24)19(18)20(22)23/h2-8,17,20,27H,9,11-12H2,1H3/b25-16-/t17-/m0/s1. The normalized spacial score (nSPS) is 17.6. The molecule has 0 unspecified atom stereocenters. The first kappa shape index (κ1) is 20.4. The van der Waals surface area contributed by atoms with Crippen LogP contribution in [0.2, 0.25) is 0 Å². The first-order valence-electron chi connectivity index (χ1n) is 8.92. The van der Waals surface area contributed by atoms with Gasteiger partial charge in [0, 0.05) is 17.5 Å². The van der Waals surface area contributed by atoms with E-state index >= 15 is 0 Å². The number of aliphatic hydroxyl groups excluding tert-OH is 1. The zero-order chi connectivity index (χ0) is 21.0. The first-order valence-corrected chi connectivity index (χ1v) is 8.92. The van der Waals surface area contributed by atoms with E-state index in [4.69, 9.17) is 10.1 Å². The average molecular weight is 399 g/mol. The Kier molecular flexibility index (Phi) is 6.20. The minimum atomic E-state index is -2.80. The Morgan fingerprint density at radius 1 is 1.34 bits per heavy atom. The van der Waals surface area contributed by atoms with Gasteiger partial charge in [-0.25, -0.2) is 8.78 Å². The third kappa shape index (κ3) is 4.10. The second-order valence-corrected chi connectivity index (χ2v) is 6.57. The molecule has 0 bridgehead atoms. The van der Waals surface area contributed by atoms with Crippen LogP contribution in [0.25, 0.3) is 11.1 Å². The minimum absolute atomic E-state index is 0.0783. The zero-order valence-corrected chi connectivity index (χ0v) is 15.7. The van der Waals surface area contributed by atoms with E-state index in [9.17, 15) is 18.7 Å². The van der Waals surface area contributed by atoms with E-state index in [1.165, 1.54) is 24.1 Å². The Morgan fingerprint density at radius 3 is 2.66 bits per heavy atom. The Hall–Kier alpha value is -3.31. The highest BCUT2D eigenvalue weighted by Gasteiger charge is 2.33. The van der Waals surface area contributed by atoms with Gasteiger partial charge in [0.1, 0.15) is 7.11 Å². The number of benzene rings is 2. The predicted molar refractivity (Wildman–Crippen MR) is 103 cm³/mol. The Balaban J connectivity index is 1.89. The molecule has 1 N–H and O–H groups in total. The lowest BCUT2D eigenvalue weighted by Crippen LogP contribution is -2.37. The molecule has 29 heavy (non-hydrogen) atoms. The van der Waals surface area contributed by atoms with E-state index in [1.54, 1.807) is 36.4 Å². The smallest absolute Gasteiger partial charge is 0.265 e. The van der Waals surface area contributed by atoms with Crippen molar-refractivity contribution in [1.82, 2.24) is 4.90 Å². The molecule has 1 atom stereocenters. The summed E-state index contributed by atoms with van der Waals surface area (Å²) in [6.07, 6.45) is -2.37. The SMILES string of the molecule is CO/N=C1/C[C@@H](CO)N(C(=O)c2ccc(-c3cccc(C#N)c3C(F)F)cc2)C1. The molecule has 1 heterocycles. The zero-order valence-electron chi connectivity index (χ0n) is 15.7. The molecule has 150 valence electrons. The van der Waals surface area contributed by atoms with Crippen molar-refractivity contribution < 1.29 is 23.5 Å². The summed E-state index contributed by atoms with van der Waals surface area (Å²) in [5.74, 6) is -0.295. The molecule has 1 aliphatic rings. The summed E-state index contributed by atoms with van der Waals surface area (Å²) < 4.78 is 27.0. The number of likely N-dealkylation sites (tertiary alicyclic amines) is 1. The van der Waals surface area contributed by atoms with E-state index in [0.29, 0.717) is 23.3 Å². The van der Waals surface area contributed by atoms with Gasteiger partial charge in [-0.1, -0.05) is 29.4 Å². The van der Waals surface area contributed by atoms with Crippen LogP contribution in [0.1, 0.15) is 34.3 Å². The molecule has 0 saturated carbocycles. The summed E-state index contributed by atoms with van der Waals surface area (Å²) in [4.78, 5) is 19.1. The molecule has 2 aromatic carbocycles. The van der Waals surface area contributed by atoms with Gasteiger partial charge in [0.15, 0.2) is 0 Å². The average Bonchev–Trinajstić information content (AvgIpc) is 3.15. The molecule has 1 aliphatic heterocycles. The van der Waals surface area contributed by atoms with Crippen LogP contribution in [-0.4, -0.2) is 47.9 Å². The Labute approximate surface area is 166 Å². The summed E-state index contributed by atoms with van der Waals surface area (Å²) >= 11 is 0. The van der Waals surface area contributed by atoms with E-state index in [2.05, 4.69) is 5.16 Å². The highest BCUT2D eigenvalue weighted by Crippen LogP contribution is 2.34. The van der Waals surface area contributed by atoms with Crippen molar-refractivity contribution >= 4 is 11.6 Å². The van der Waals surface area contributed by atoms with E-state index in [0.717, 1.165) is 0 Å². The number of carbonyl (C=O) groups is 1. The van der Waals surface area contributed by atoms with Crippen LogP contribution in [0.5, 0.6) is 0 Å². The number of aliphatic hydroxyl groups is 1. The quantitative estimate of drug-likeness (QED) is 0.781. The number of hydrogen-bond donors (Lipinski definition) is 1. The van der Waals surface area contributed by atoms with Crippen LogP contribution < -0.4 is 0 Å². The van der Waals surface area contributed by atoms with Gasteiger partial charge in [-0.2, -0.15) is 5.26 Å². The van der Waals surface area contributed by atoms with Crippen LogP contribution in [0, 0.1) is 11.3 Å². The number of carbonyl (C=O) groups excluding carboxylic acids is 1. The topological polar surface area (TPSA) is 85.9 Å². The molecular weight excluding hydrogens is 380 g/mol. The van der Waals surface area contributed by atoms with Crippen molar-refractivity contribution in [2.75, 3.05) is 20.3 Å². The highest BCUT2D eigenvalue weighted by molar-refractivity contribution is 6.00. The molecule has 0 radical (unpaired) electrons. The van der Waals surface area contributed by atoms with Crippen LogP contribution in [-0.2, 0) is 4.84 Å². The van der Waals surface area contributed by atoms with Gasteiger partial charge in [-0.05, 0) is 29.3 Å². The van der Waals surface area contributed by atoms with E-state index in [1.807, 2.05) is 0 Å². The van der Waals surface area contributed by atoms with Gasteiger partial charge in [-0.15, -0.1) is 0 Å². The molecule has 1 amide bonds. The van der Waals surface area contributed by atoms with Crippen molar-refractivity contribution in [3.05, 3.63) is 59.2 Å². The largest absolute Gasteiger partial charge is 0.399 e. The number of amides is 1. The number of hydrogen-bond acceptors (Lipinski definition) is 5. The lowest BCUT2D eigenvalue weighted by atomic mass is 9.95. The Morgan fingerprint density at radius 2 is 2.07 bits per heavy atom. The fourth-order valence-electron chi connectivity index (χ4n) is 3.48. The fraction of sp³-hybridized carbons (Fsp3) is 0.286. The molecule has 0 aromatic heterocycles. The number of nitriles is 1. The summed E-state index contributed by atoms with van der Waals surface area (Å²) in [5, 5.41) is 22.5. The number of alkyl halides is 2. The molecule has 2 aromatic rings. The molecular formula is C21H19F2N3O3. The van der Waals surface area contributed by atoms with Crippen molar-refractivity contribution in [2.45, 2.75) is 18.9 Å². The number of nitrogens with zero attached hydrogens (tertiary/aromatic N) is 3. The number of rotatable bonds is 5. The maximum Gasteiger partial charge on any atom is 0.265 e. The maximum absolute atomic E-state index is 13.5. The van der Waals surface area contributed by atoms with Gasteiger partial charge in [-0.3, -0.25) is 4.79 Å². The van der Waals surface area contributed by atoms with Gasteiger partial charge in [0.05, 0.1) is 36.5 Å². The van der Waals surface area contributed by atoms with Crippen LogP contribution in [0.3, 0.4) is 0 Å². The van der Waals surface area contributed by atoms with Gasteiger partial charge >= 0.3 is 0 Å². The summed E-state index contributed by atoms with van der Waals surface area (Å²) in [6, 6.07) is 12.1. The third-order valence-corrected chi connectivity index (χ3v) is 4.84. The van der Waals surface area contributed by atoms with Crippen LogP contribution in [0.15, 0.2) is 47.6 Å². The van der Waals surface area contributed by atoms with Gasteiger partial charge in [0.25, 0.3) is 12.3 Å². The molecule has 1 fully saturated rings. The monoisotopic (exact) mass is 399 g/mol. The molecule has 1 saturated heterocycles. The summed E-state index contributed by atoms with van der Waals surface area (Å²) in [6.45, 7) is 0.0463. The maximum atomic E-state index is 13.5. The molecule has 8 heteroatoms. The molecule has 3 rings (SSSR count). The van der Waals surface area contributed by atoms with Crippen LogP contribution >= 0.6 is 0 Å². The van der Waals surface area contributed by atoms with Crippen molar-refractivity contribution in [2.24, 2.45) is 5.16 Å². The van der Waals surface area contributed by atoms with Crippen molar-refractivity contribution in [3.8, 4) is 17.2 Å². The van der Waals surface area contributed by atoms with Gasteiger partial charge in [0.2, 0.25) is 0 Å². The third-order valence-electron chi connectivity index (χ3n) is 4.84. The van der Waals surface area contributed by atoms with Gasteiger partial charge < -0.3 is 14.8 Å².